The third kappa shape index (κ3) is 3.47. The molecule has 1 saturated heterocycles. The molecule has 2 aromatic heterocycles. The van der Waals surface area contributed by atoms with Crippen LogP contribution in [0.3, 0.4) is 0 Å². The van der Waals surface area contributed by atoms with Crippen molar-refractivity contribution in [3.63, 3.8) is 0 Å². The maximum absolute atomic E-state index is 13.9. The van der Waals surface area contributed by atoms with Crippen molar-refractivity contribution in [2.45, 2.75) is 29.2 Å². The molecule has 4 nitrogen and oxygen atoms in total. The summed E-state index contributed by atoms with van der Waals surface area (Å²) in [5.41, 5.74) is 0. The third-order valence-corrected chi connectivity index (χ3v) is 6.02. The second-order valence-electron chi connectivity index (χ2n) is 4.93. The summed E-state index contributed by atoms with van der Waals surface area (Å²) >= 11 is 1.45. The Hall–Kier alpha value is -1.34. The lowest BCUT2D eigenvalue weighted by molar-refractivity contribution is 0.545. The van der Waals surface area contributed by atoms with Crippen LogP contribution in [-0.2, 0) is 16.6 Å². The maximum Gasteiger partial charge on any atom is 0.183 e. The Labute approximate surface area is 129 Å². The molecule has 0 N–H and O–H groups in total. The van der Waals surface area contributed by atoms with Crippen molar-refractivity contribution in [2.24, 2.45) is 0 Å². The van der Waals surface area contributed by atoms with Crippen LogP contribution in [-0.4, -0.2) is 27.3 Å². The number of thiophene rings is 1. The smallest absolute Gasteiger partial charge is 0.183 e. The van der Waals surface area contributed by atoms with Gasteiger partial charge in [0.2, 0.25) is 0 Å². The Bertz CT molecular complexity index is 627. The Balaban J connectivity index is 1.78. The summed E-state index contributed by atoms with van der Waals surface area (Å²) in [6.45, 7) is 1.64. The van der Waals surface area contributed by atoms with Crippen LogP contribution in [0, 0.1) is 5.82 Å². The van der Waals surface area contributed by atoms with Crippen LogP contribution >= 0.6 is 11.3 Å². The van der Waals surface area contributed by atoms with Gasteiger partial charge in [-0.3, -0.25) is 4.21 Å². The molecule has 112 valence electrons. The van der Waals surface area contributed by atoms with Gasteiger partial charge in [-0.05, 0) is 30.7 Å². The highest BCUT2D eigenvalue weighted by molar-refractivity contribution is 7.86. The molecule has 1 aliphatic heterocycles. The van der Waals surface area contributed by atoms with Gasteiger partial charge in [0.05, 0.1) is 27.0 Å². The van der Waals surface area contributed by atoms with Crippen LogP contribution in [0.5, 0.6) is 0 Å². The zero-order chi connectivity index (χ0) is 14.7. The fourth-order valence-electron chi connectivity index (χ4n) is 2.37. The van der Waals surface area contributed by atoms with Gasteiger partial charge in [0.25, 0.3) is 0 Å². The van der Waals surface area contributed by atoms with Crippen molar-refractivity contribution in [2.75, 3.05) is 18.0 Å². The number of nitrogens with zero attached hydrogens (tertiary/aromatic N) is 3. The first-order valence-corrected chi connectivity index (χ1v) is 9.12. The first kappa shape index (κ1) is 14.6. The summed E-state index contributed by atoms with van der Waals surface area (Å²) in [6.07, 6.45) is 4.48. The predicted molar refractivity (Wildman–Crippen MR) is 82.5 cm³/mol. The van der Waals surface area contributed by atoms with E-state index in [2.05, 4.69) is 9.97 Å². The summed E-state index contributed by atoms with van der Waals surface area (Å²) in [4.78, 5) is 10.2. The van der Waals surface area contributed by atoms with Crippen LogP contribution in [0.2, 0.25) is 0 Å². The molecule has 0 saturated carbocycles. The van der Waals surface area contributed by atoms with Crippen molar-refractivity contribution < 1.29 is 8.60 Å². The van der Waals surface area contributed by atoms with E-state index in [0.717, 1.165) is 30.1 Å². The van der Waals surface area contributed by atoms with Crippen molar-refractivity contribution in [3.8, 4) is 0 Å². The van der Waals surface area contributed by atoms with Gasteiger partial charge < -0.3 is 4.90 Å². The van der Waals surface area contributed by atoms with Crippen LogP contribution in [0.1, 0.15) is 25.1 Å². The zero-order valence-electron chi connectivity index (χ0n) is 11.5. The number of rotatable bonds is 4. The predicted octanol–water partition coefficient (Wildman–Crippen LogP) is 2.98. The van der Waals surface area contributed by atoms with Gasteiger partial charge in [0, 0.05) is 13.1 Å². The minimum atomic E-state index is -1.17. The SMILES string of the molecule is O=S(Cc1ncc(F)c(N2CCCCC2)n1)c1cccs1. The minimum Gasteiger partial charge on any atom is -0.354 e. The molecule has 0 amide bonds. The Kier molecular flexibility index (Phi) is 4.60. The second-order valence-corrected chi connectivity index (χ2v) is 7.55. The van der Waals surface area contributed by atoms with E-state index in [9.17, 15) is 8.60 Å². The molecule has 0 aliphatic carbocycles. The molecule has 1 aliphatic rings. The van der Waals surface area contributed by atoms with E-state index < -0.39 is 16.6 Å². The Morgan fingerprint density at radius 3 is 2.86 bits per heavy atom. The van der Waals surface area contributed by atoms with Gasteiger partial charge >= 0.3 is 0 Å². The summed E-state index contributed by atoms with van der Waals surface area (Å²) in [5, 5.41) is 1.89. The summed E-state index contributed by atoms with van der Waals surface area (Å²) < 4.78 is 26.9. The molecular weight excluding hydrogens is 309 g/mol. The average molecular weight is 325 g/mol. The van der Waals surface area contributed by atoms with E-state index in [1.54, 1.807) is 0 Å². The number of piperidine rings is 1. The van der Waals surface area contributed by atoms with Crippen molar-refractivity contribution in [1.29, 1.82) is 0 Å². The molecule has 0 bridgehead atoms. The fourth-order valence-corrected chi connectivity index (χ4v) is 4.34. The summed E-state index contributed by atoms with van der Waals surface area (Å²) in [6, 6.07) is 3.69. The number of hydrogen-bond acceptors (Lipinski definition) is 5. The van der Waals surface area contributed by atoms with Crippen molar-refractivity contribution in [1.82, 2.24) is 9.97 Å². The van der Waals surface area contributed by atoms with Gasteiger partial charge in [-0.2, -0.15) is 0 Å². The van der Waals surface area contributed by atoms with Crippen LogP contribution in [0.4, 0.5) is 10.2 Å². The van der Waals surface area contributed by atoms with E-state index in [1.165, 1.54) is 24.0 Å². The molecule has 3 heterocycles. The van der Waals surface area contributed by atoms with Crippen LogP contribution in [0.25, 0.3) is 0 Å². The first-order chi connectivity index (χ1) is 10.2. The summed E-state index contributed by atoms with van der Waals surface area (Å²) in [7, 11) is -1.17. The van der Waals surface area contributed by atoms with Gasteiger partial charge in [-0.15, -0.1) is 11.3 Å². The number of aromatic nitrogens is 2. The molecule has 2 aromatic rings. The van der Waals surface area contributed by atoms with E-state index in [4.69, 9.17) is 0 Å². The van der Waals surface area contributed by atoms with Gasteiger partial charge in [0.1, 0.15) is 5.82 Å². The first-order valence-electron chi connectivity index (χ1n) is 6.92. The molecule has 7 heteroatoms. The molecule has 0 radical (unpaired) electrons. The van der Waals surface area contributed by atoms with Gasteiger partial charge in [-0.1, -0.05) is 6.07 Å². The fraction of sp³-hybridized carbons (Fsp3) is 0.429. The molecule has 3 rings (SSSR count). The molecule has 21 heavy (non-hydrogen) atoms. The number of hydrogen-bond donors (Lipinski definition) is 0. The quantitative estimate of drug-likeness (QED) is 0.867. The van der Waals surface area contributed by atoms with E-state index in [0.29, 0.717) is 11.6 Å². The molecule has 1 fully saturated rings. The molecular formula is C14H16FN3OS2. The highest BCUT2D eigenvalue weighted by atomic mass is 32.2. The average Bonchev–Trinajstić information content (AvgIpc) is 3.04. The second kappa shape index (κ2) is 6.62. The zero-order valence-corrected chi connectivity index (χ0v) is 13.1. The molecule has 0 spiro atoms. The maximum atomic E-state index is 13.9. The van der Waals surface area contributed by atoms with E-state index >= 15 is 0 Å². The largest absolute Gasteiger partial charge is 0.354 e. The highest BCUT2D eigenvalue weighted by Gasteiger charge is 2.18. The lowest BCUT2D eigenvalue weighted by atomic mass is 10.1. The van der Waals surface area contributed by atoms with E-state index in [-0.39, 0.29) is 5.75 Å². The summed E-state index contributed by atoms with van der Waals surface area (Å²) in [5.74, 6) is 0.607. The number of halogens is 1. The molecule has 1 unspecified atom stereocenters. The van der Waals surface area contributed by atoms with Crippen LogP contribution in [0.15, 0.2) is 27.9 Å². The standard InChI is InChI=1S/C14H16FN3OS2/c15-11-9-16-12(10-21(19)13-5-4-8-20-13)17-14(11)18-6-2-1-3-7-18/h4-5,8-9H,1-3,6-7,10H2. The molecule has 1 atom stereocenters. The monoisotopic (exact) mass is 325 g/mol. The Morgan fingerprint density at radius 1 is 1.33 bits per heavy atom. The Morgan fingerprint density at radius 2 is 2.14 bits per heavy atom. The third-order valence-electron chi connectivity index (χ3n) is 3.41. The highest BCUT2D eigenvalue weighted by Crippen LogP contribution is 2.22. The van der Waals surface area contributed by atoms with Crippen molar-refractivity contribution >= 4 is 28.0 Å². The number of anilines is 1. The normalized spacial score (nSPS) is 16.9. The lowest BCUT2D eigenvalue weighted by Gasteiger charge is -2.27. The van der Waals surface area contributed by atoms with Gasteiger partial charge in [0.15, 0.2) is 11.6 Å². The lowest BCUT2D eigenvalue weighted by Crippen LogP contribution is -2.31. The minimum absolute atomic E-state index is 0.224. The van der Waals surface area contributed by atoms with E-state index in [1.807, 2.05) is 22.4 Å². The van der Waals surface area contributed by atoms with Crippen LogP contribution < -0.4 is 4.90 Å². The topological polar surface area (TPSA) is 46.1 Å². The van der Waals surface area contributed by atoms with Crippen molar-refractivity contribution in [3.05, 3.63) is 35.4 Å². The molecule has 0 aromatic carbocycles. The van der Waals surface area contributed by atoms with Gasteiger partial charge in [-0.25, -0.2) is 14.4 Å².